The van der Waals surface area contributed by atoms with E-state index in [1.165, 1.54) is 0 Å². The van der Waals surface area contributed by atoms with Gasteiger partial charge < -0.3 is 16.0 Å². The maximum Gasteiger partial charge on any atom is 0.239 e. The number of guanidine groups is 1. The Bertz CT molecular complexity index is 460. The molecule has 0 aliphatic rings. The number of nitrogens with one attached hydrogen (secondary N) is 4. The van der Waals surface area contributed by atoms with Crippen LogP contribution in [0.4, 0.5) is 0 Å². The third-order valence-electron chi connectivity index (χ3n) is 2.16. The SMILES string of the molecule is CN=C(NCCCNS(C)(=O)=O)NCC(=O)NC(C)(C)C.I. The molecule has 22 heavy (non-hydrogen) atoms. The molecule has 1 amide bonds. The van der Waals surface area contributed by atoms with Crippen molar-refractivity contribution in [2.24, 2.45) is 4.99 Å². The van der Waals surface area contributed by atoms with Crippen LogP contribution in [0.5, 0.6) is 0 Å². The summed E-state index contributed by atoms with van der Waals surface area (Å²) in [6.45, 7) is 6.75. The number of halogens is 1. The van der Waals surface area contributed by atoms with Crippen molar-refractivity contribution in [3.63, 3.8) is 0 Å². The number of hydrogen-bond acceptors (Lipinski definition) is 4. The van der Waals surface area contributed by atoms with Gasteiger partial charge in [0.25, 0.3) is 0 Å². The van der Waals surface area contributed by atoms with Crippen molar-refractivity contribution in [1.29, 1.82) is 0 Å². The zero-order chi connectivity index (χ0) is 16.5. The molecule has 0 aliphatic heterocycles. The number of hydrogen-bond donors (Lipinski definition) is 4. The van der Waals surface area contributed by atoms with E-state index < -0.39 is 10.0 Å². The average molecular weight is 449 g/mol. The van der Waals surface area contributed by atoms with Crippen LogP contribution in [-0.4, -0.2) is 58.8 Å². The molecule has 0 fully saturated rings. The number of rotatable bonds is 7. The van der Waals surface area contributed by atoms with Gasteiger partial charge in [-0.25, -0.2) is 13.1 Å². The third kappa shape index (κ3) is 15.8. The Morgan fingerprint density at radius 3 is 2.18 bits per heavy atom. The zero-order valence-electron chi connectivity index (χ0n) is 13.8. The monoisotopic (exact) mass is 449 g/mol. The lowest BCUT2D eigenvalue weighted by atomic mass is 10.1. The Morgan fingerprint density at radius 1 is 1.14 bits per heavy atom. The quantitative estimate of drug-likeness (QED) is 0.183. The van der Waals surface area contributed by atoms with Gasteiger partial charge in [-0.3, -0.25) is 9.79 Å². The van der Waals surface area contributed by atoms with Gasteiger partial charge in [0.2, 0.25) is 15.9 Å². The molecule has 0 saturated carbocycles. The molecule has 4 N–H and O–H groups in total. The highest BCUT2D eigenvalue weighted by Crippen LogP contribution is 1.96. The molecule has 0 saturated heterocycles. The first-order chi connectivity index (χ1) is 9.53. The summed E-state index contributed by atoms with van der Waals surface area (Å²) in [7, 11) is -1.54. The maximum absolute atomic E-state index is 11.6. The van der Waals surface area contributed by atoms with Gasteiger partial charge in [-0.1, -0.05) is 0 Å². The number of carbonyl (C=O) groups is 1. The second-order valence-corrected chi connectivity index (χ2v) is 7.50. The van der Waals surface area contributed by atoms with Gasteiger partial charge in [0.05, 0.1) is 12.8 Å². The number of sulfonamides is 1. The van der Waals surface area contributed by atoms with Crippen LogP contribution in [0.1, 0.15) is 27.2 Å². The molecule has 0 atom stereocenters. The standard InChI is InChI=1S/C12H27N5O3S.HI/c1-12(2,3)17-10(18)9-15-11(13-4)14-7-6-8-16-21(5,19)20;/h16H,6-9H2,1-5H3,(H,17,18)(H2,13,14,15);1H. The molecule has 0 bridgehead atoms. The summed E-state index contributed by atoms with van der Waals surface area (Å²) in [5.74, 6) is 0.377. The van der Waals surface area contributed by atoms with Gasteiger partial charge in [-0.05, 0) is 27.2 Å². The predicted molar refractivity (Wildman–Crippen MR) is 100 cm³/mol. The first-order valence-electron chi connectivity index (χ1n) is 6.73. The fourth-order valence-corrected chi connectivity index (χ4v) is 1.91. The van der Waals surface area contributed by atoms with Crippen LogP contribution in [0.2, 0.25) is 0 Å². The molecule has 0 unspecified atom stereocenters. The van der Waals surface area contributed by atoms with Crippen LogP contribution in [0.25, 0.3) is 0 Å². The lowest BCUT2D eigenvalue weighted by Gasteiger charge is -2.21. The summed E-state index contributed by atoms with van der Waals surface area (Å²) in [6.07, 6.45) is 1.73. The fourth-order valence-electron chi connectivity index (χ4n) is 1.40. The minimum Gasteiger partial charge on any atom is -0.356 e. The van der Waals surface area contributed by atoms with Gasteiger partial charge in [-0.2, -0.15) is 0 Å². The van der Waals surface area contributed by atoms with E-state index in [2.05, 4.69) is 25.7 Å². The highest BCUT2D eigenvalue weighted by molar-refractivity contribution is 14.0. The zero-order valence-corrected chi connectivity index (χ0v) is 17.0. The van der Waals surface area contributed by atoms with Crippen molar-refractivity contribution >= 4 is 45.9 Å². The Kier molecular flexibility index (Phi) is 11.8. The normalized spacial score (nSPS) is 12.3. The Balaban J connectivity index is 0. The number of carbonyl (C=O) groups excluding carboxylic acids is 1. The molecule has 8 nitrogen and oxygen atoms in total. The highest BCUT2D eigenvalue weighted by Gasteiger charge is 2.13. The lowest BCUT2D eigenvalue weighted by molar-refractivity contribution is -0.121. The minimum atomic E-state index is -3.15. The minimum absolute atomic E-state index is 0. The Hall–Kier alpha value is -0.620. The smallest absolute Gasteiger partial charge is 0.239 e. The summed E-state index contributed by atoms with van der Waals surface area (Å²) in [5, 5.41) is 8.72. The molecule has 0 aromatic rings. The van der Waals surface area contributed by atoms with Crippen molar-refractivity contribution in [1.82, 2.24) is 20.7 Å². The molecule has 0 aliphatic carbocycles. The van der Waals surface area contributed by atoms with Crippen LogP contribution < -0.4 is 20.7 Å². The largest absolute Gasteiger partial charge is 0.356 e. The topological polar surface area (TPSA) is 112 Å². The van der Waals surface area contributed by atoms with Gasteiger partial charge >= 0.3 is 0 Å². The summed E-state index contributed by atoms with van der Waals surface area (Å²) in [6, 6.07) is 0. The Labute approximate surface area is 150 Å². The van der Waals surface area contributed by atoms with E-state index in [1.54, 1.807) is 7.05 Å². The predicted octanol–water partition coefficient (Wildman–Crippen LogP) is -0.377. The number of nitrogens with zero attached hydrogens (tertiary/aromatic N) is 1. The van der Waals surface area contributed by atoms with Gasteiger partial charge in [-0.15, -0.1) is 24.0 Å². The average Bonchev–Trinajstić information content (AvgIpc) is 2.29. The first-order valence-corrected chi connectivity index (χ1v) is 8.63. The van der Waals surface area contributed by atoms with Crippen LogP contribution in [0.15, 0.2) is 4.99 Å². The van der Waals surface area contributed by atoms with Gasteiger partial charge in [0.1, 0.15) is 0 Å². The van der Waals surface area contributed by atoms with E-state index in [0.717, 1.165) is 6.26 Å². The third-order valence-corrected chi connectivity index (χ3v) is 2.89. The second-order valence-electron chi connectivity index (χ2n) is 5.67. The van der Waals surface area contributed by atoms with Crippen molar-refractivity contribution in [3.05, 3.63) is 0 Å². The summed E-state index contributed by atoms with van der Waals surface area (Å²) < 4.78 is 24.1. The van der Waals surface area contributed by atoms with E-state index in [4.69, 9.17) is 0 Å². The summed E-state index contributed by atoms with van der Waals surface area (Å²) in [4.78, 5) is 15.6. The van der Waals surface area contributed by atoms with Crippen molar-refractivity contribution < 1.29 is 13.2 Å². The van der Waals surface area contributed by atoms with Crippen molar-refractivity contribution in [3.8, 4) is 0 Å². The Morgan fingerprint density at radius 2 is 1.73 bits per heavy atom. The van der Waals surface area contributed by atoms with Crippen LogP contribution in [0, 0.1) is 0 Å². The molecular weight excluding hydrogens is 421 g/mol. The molecule has 0 rings (SSSR count). The maximum atomic E-state index is 11.6. The molecular formula is C12H28IN5O3S. The molecule has 0 aromatic carbocycles. The summed E-state index contributed by atoms with van der Waals surface area (Å²) >= 11 is 0. The molecule has 0 aromatic heterocycles. The van der Waals surface area contributed by atoms with Crippen LogP contribution >= 0.6 is 24.0 Å². The van der Waals surface area contributed by atoms with E-state index >= 15 is 0 Å². The summed E-state index contributed by atoms with van der Waals surface area (Å²) in [5.41, 5.74) is -0.271. The molecule has 0 spiro atoms. The van der Waals surface area contributed by atoms with Crippen molar-refractivity contribution in [2.45, 2.75) is 32.7 Å². The van der Waals surface area contributed by atoms with E-state index in [0.29, 0.717) is 25.5 Å². The van der Waals surface area contributed by atoms with Crippen molar-refractivity contribution in [2.75, 3.05) is 32.9 Å². The molecule has 0 radical (unpaired) electrons. The van der Waals surface area contributed by atoms with Gasteiger partial charge in [0.15, 0.2) is 5.96 Å². The molecule has 10 heteroatoms. The highest BCUT2D eigenvalue weighted by atomic mass is 127. The molecule has 0 heterocycles. The van der Waals surface area contributed by atoms with E-state index in [-0.39, 0.29) is 42.0 Å². The fraction of sp³-hybridized carbons (Fsp3) is 0.833. The van der Waals surface area contributed by atoms with Crippen LogP contribution in [0.3, 0.4) is 0 Å². The van der Waals surface area contributed by atoms with Crippen LogP contribution in [-0.2, 0) is 14.8 Å². The van der Waals surface area contributed by atoms with Gasteiger partial charge in [0, 0.05) is 25.7 Å². The lowest BCUT2D eigenvalue weighted by Crippen LogP contribution is -2.48. The second kappa shape index (κ2) is 11.0. The molecule has 132 valence electrons. The van der Waals surface area contributed by atoms with E-state index in [9.17, 15) is 13.2 Å². The number of amides is 1. The van der Waals surface area contributed by atoms with E-state index in [1.807, 2.05) is 20.8 Å². The number of aliphatic imine (C=N–C) groups is 1. The first kappa shape index (κ1) is 23.6.